The Labute approximate surface area is 234 Å². The van der Waals surface area contributed by atoms with Gasteiger partial charge in [-0.15, -0.1) is 0 Å². The van der Waals surface area contributed by atoms with Gasteiger partial charge in [-0.2, -0.15) is 0 Å². The lowest BCUT2D eigenvalue weighted by atomic mass is 9.84. The van der Waals surface area contributed by atoms with Gasteiger partial charge in [0.1, 0.15) is 0 Å². The van der Waals surface area contributed by atoms with Gasteiger partial charge in [0.05, 0.1) is 0 Å². The number of hydrogen-bond donors (Lipinski definition) is 0. The summed E-state index contributed by atoms with van der Waals surface area (Å²) in [6, 6.07) is 34.3. The molecule has 0 radical (unpaired) electrons. The molecule has 0 heteroatoms. The van der Waals surface area contributed by atoms with Crippen molar-refractivity contribution in [1.82, 2.24) is 0 Å². The van der Waals surface area contributed by atoms with Crippen LogP contribution in [0.3, 0.4) is 0 Å². The molecule has 0 aliphatic rings. The summed E-state index contributed by atoms with van der Waals surface area (Å²) >= 11 is 0. The molecule has 0 aromatic heterocycles. The Morgan fingerprint density at radius 2 is 0.846 bits per heavy atom. The summed E-state index contributed by atoms with van der Waals surface area (Å²) in [6.07, 6.45) is 0. The Morgan fingerprint density at radius 1 is 0.410 bits per heavy atom. The quantitative estimate of drug-likeness (QED) is 0.208. The van der Waals surface area contributed by atoms with Crippen molar-refractivity contribution in [1.29, 1.82) is 0 Å². The predicted octanol–water partition coefficient (Wildman–Crippen LogP) is 11.9. The average Bonchev–Trinajstić information content (AvgIpc) is 2.94. The zero-order chi connectivity index (χ0) is 27.8. The van der Waals surface area contributed by atoms with E-state index < -0.39 is 0 Å². The maximum absolute atomic E-state index is 2.47. The summed E-state index contributed by atoms with van der Waals surface area (Å²) in [5.41, 5.74) is 12.1. The average molecular weight is 509 g/mol. The fourth-order valence-corrected chi connectivity index (χ4v) is 6.27. The van der Waals surface area contributed by atoms with Crippen LogP contribution in [0.5, 0.6) is 0 Å². The van der Waals surface area contributed by atoms with Crippen molar-refractivity contribution in [3.8, 4) is 22.3 Å². The highest BCUT2D eigenvalue weighted by molar-refractivity contribution is 6.24. The zero-order valence-corrected chi connectivity index (χ0v) is 24.7. The minimum atomic E-state index is 0.479. The molecule has 39 heavy (non-hydrogen) atoms. The highest BCUT2D eigenvalue weighted by atomic mass is 14.2. The smallest absolute Gasteiger partial charge is 0.00923 e. The first-order valence-corrected chi connectivity index (χ1v) is 14.4. The molecule has 0 nitrogen and oxygen atoms in total. The normalized spacial score (nSPS) is 11.3. The van der Waals surface area contributed by atoms with Crippen molar-refractivity contribution in [3.05, 3.63) is 119 Å². The molecular formula is C39H40. The molecule has 6 aromatic carbocycles. The summed E-state index contributed by atoms with van der Waals surface area (Å²) in [6.45, 7) is 17.5. The van der Waals surface area contributed by atoms with Crippen LogP contribution in [0.25, 0.3) is 54.6 Å². The van der Waals surface area contributed by atoms with Gasteiger partial charge < -0.3 is 0 Å². The molecule has 0 atom stereocenters. The van der Waals surface area contributed by atoms with Crippen LogP contribution in [0.1, 0.15) is 61.4 Å². The van der Waals surface area contributed by atoms with Crippen molar-refractivity contribution in [2.75, 3.05) is 0 Å². The Kier molecular flexibility index (Phi) is 7.32. The highest BCUT2D eigenvalue weighted by Gasteiger charge is 2.18. The minimum absolute atomic E-state index is 0.479. The molecule has 0 heterocycles. The molecule has 0 spiro atoms. The Hall–Kier alpha value is -3.90. The molecule has 0 saturated heterocycles. The summed E-state index contributed by atoms with van der Waals surface area (Å²) in [5.74, 6) is 0.479. The molecule has 6 aromatic rings. The van der Waals surface area contributed by atoms with Gasteiger partial charge in [-0.05, 0) is 128 Å². The van der Waals surface area contributed by atoms with Crippen LogP contribution in [0, 0.1) is 27.7 Å². The summed E-state index contributed by atoms with van der Waals surface area (Å²) < 4.78 is 0. The van der Waals surface area contributed by atoms with E-state index in [1.807, 2.05) is 13.8 Å². The molecule has 6 rings (SSSR count). The fourth-order valence-electron chi connectivity index (χ4n) is 6.27. The van der Waals surface area contributed by atoms with Gasteiger partial charge in [0, 0.05) is 0 Å². The molecule has 0 saturated carbocycles. The van der Waals surface area contributed by atoms with Gasteiger partial charge in [0.25, 0.3) is 0 Å². The lowest BCUT2D eigenvalue weighted by molar-refractivity contribution is 0.869. The van der Waals surface area contributed by atoms with Crippen molar-refractivity contribution < 1.29 is 0 Å². The van der Waals surface area contributed by atoms with E-state index in [2.05, 4.69) is 133 Å². The van der Waals surface area contributed by atoms with Crippen molar-refractivity contribution in [3.63, 3.8) is 0 Å². The monoisotopic (exact) mass is 508 g/mol. The second-order valence-electron chi connectivity index (χ2n) is 11.0. The van der Waals surface area contributed by atoms with Crippen LogP contribution in [0.2, 0.25) is 0 Å². The van der Waals surface area contributed by atoms with E-state index in [0.29, 0.717) is 5.92 Å². The third-order valence-electron chi connectivity index (χ3n) is 8.17. The standard InChI is InChI=1S/C37H34.C2H6/c1-22(2)27-17-18-30-31(19-27)35(37-25(5)13-10-14-26(37)6)21-32-28-15-7-8-16-29(28)34(20-33(30)32)36-23(3)11-9-12-24(36)4;1-2/h7-22H,1-6H3;1-2H3. The number of fused-ring (bicyclic) bond motifs is 5. The molecule has 0 unspecified atom stereocenters. The van der Waals surface area contributed by atoms with Gasteiger partial charge >= 0.3 is 0 Å². The summed E-state index contributed by atoms with van der Waals surface area (Å²) in [4.78, 5) is 0. The molecular weight excluding hydrogens is 468 g/mol. The lowest BCUT2D eigenvalue weighted by Gasteiger charge is -2.20. The third kappa shape index (κ3) is 4.53. The van der Waals surface area contributed by atoms with E-state index >= 15 is 0 Å². The van der Waals surface area contributed by atoms with E-state index in [1.165, 1.54) is 82.4 Å². The van der Waals surface area contributed by atoms with Crippen molar-refractivity contribution in [2.24, 2.45) is 0 Å². The van der Waals surface area contributed by atoms with Gasteiger partial charge in [-0.1, -0.05) is 107 Å². The molecule has 0 fully saturated rings. The lowest BCUT2D eigenvalue weighted by Crippen LogP contribution is -1.95. The van der Waals surface area contributed by atoms with Crippen LogP contribution in [-0.4, -0.2) is 0 Å². The molecule has 196 valence electrons. The van der Waals surface area contributed by atoms with Gasteiger partial charge in [0.15, 0.2) is 0 Å². The molecule has 0 aliphatic heterocycles. The van der Waals surface area contributed by atoms with Gasteiger partial charge in [-0.25, -0.2) is 0 Å². The fraction of sp³-hybridized carbons (Fsp3) is 0.231. The maximum Gasteiger partial charge on any atom is -0.00923 e. The van der Waals surface area contributed by atoms with E-state index in [0.717, 1.165) is 0 Å². The molecule has 0 amide bonds. The molecule has 0 aliphatic carbocycles. The van der Waals surface area contributed by atoms with E-state index in [-0.39, 0.29) is 0 Å². The number of rotatable bonds is 3. The topological polar surface area (TPSA) is 0 Å². The largest absolute Gasteiger partial charge is 0.0683 e. The SMILES string of the molecule is CC.Cc1cccc(C)c1-c1cc2c3ccc(C(C)C)cc3c(-c3c(C)cccc3C)cc2c2ccccc12. The first-order chi connectivity index (χ1) is 18.8. The third-order valence-corrected chi connectivity index (χ3v) is 8.17. The second-order valence-corrected chi connectivity index (χ2v) is 11.0. The number of hydrogen-bond acceptors (Lipinski definition) is 0. The van der Waals surface area contributed by atoms with E-state index in [4.69, 9.17) is 0 Å². The summed E-state index contributed by atoms with van der Waals surface area (Å²) in [5, 5.41) is 7.97. The predicted molar refractivity (Wildman–Crippen MR) is 174 cm³/mol. The van der Waals surface area contributed by atoms with Crippen molar-refractivity contribution in [2.45, 2.75) is 61.3 Å². The van der Waals surface area contributed by atoms with Crippen LogP contribution >= 0.6 is 0 Å². The molecule has 0 bridgehead atoms. The van der Waals surface area contributed by atoms with Crippen molar-refractivity contribution >= 4 is 32.3 Å². The van der Waals surface area contributed by atoms with Crippen LogP contribution in [0.4, 0.5) is 0 Å². The summed E-state index contributed by atoms with van der Waals surface area (Å²) in [7, 11) is 0. The maximum atomic E-state index is 2.47. The second kappa shape index (κ2) is 10.7. The van der Waals surface area contributed by atoms with Crippen LogP contribution < -0.4 is 0 Å². The highest BCUT2D eigenvalue weighted by Crippen LogP contribution is 2.44. The van der Waals surface area contributed by atoms with E-state index in [1.54, 1.807) is 0 Å². The zero-order valence-electron chi connectivity index (χ0n) is 24.7. The van der Waals surface area contributed by atoms with Crippen LogP contribution in [0.15, 0.2) is 91.0 Å². The number of aryl methyl sites for hydroxylation is 4. The van der Waals surface area contributed by atoms with Gasteiger partial charge in [0.2, 0.25) is 0 Å². The van der Waals surface area contributed by atoms with Crippen LogP contribution in [-0.2, 0) is 0 Å². The first kappa shape index (κ1) is 26.7. The Bertz CT molecular complexity index is 1790. The minimum Gasteiger partial charge on any atom is -0.0683 e. The molecule has 0 N–H and O–H groups in total. The first-order valence-electron chi connectivity index (χ1n) is 14.4. The van der Waals surface area contributed by atoms with E-state index in [9.17, 15) is 0 Å². The Balaban J connectivity index is 0.00000151. The van der Waals surface area contributed by atoms with Gasteiger partial charge in [-0.3, -0.25) is 0 Å². The Morgan fingerprint density at radius 3 is 1.33 bits per heavy atom. The number of benzene rings is 6.